The van der Waals surface area contributed by atoms with Crippen LogP contribution in [0.15, 0.2) is 18.5 Å². The number of likely N-dealkylation sites (tertiary alicyclic amines) is 1. The highest BCUT2D eigenvalue weighted by Gasteiger charge is 2.43. The second kappa shape index (κ2) is 8.47. The summed E-state index contributed by atoms with van der Waals surface area (Å²) >= 11 is 0. The number of ether oxygens (including phenoxy) is 1. The van der Waals surface area contributed by atoms with Gasteiger partial charge < -0.3 is 30.7 Å². The van der Waals surface area contributed by atoms with E-state index < -0.39 is 5.54 Å². The Balaban J connectivity index is 1.44. The van der Waals surface area contributed by atoms with Crippen molar-refractivity contribution in [1.82, 2.24) is 24.8 Å². The summed E-state index contributed by atoms with van der Waals surface area (Å²) in [5, 5.41) is 13.7. The van der Waals surface area contributed by atoms with Gasteiger partial charge in [-0.3, -0.25) is 4.79 Å². The number of rotatable bonds is 6. The summed E-state index contributed by atoms with van der Waals surface area (Å²) in [5.41, 5.74) is 6.37. The first-order valence-corrected chi connectivity index (χ1v) is 11.0. The monoisotopic (exact) mass is 440 g/mol. The van der Waals surface area contributed by atoms with Gasteiger partial charge in [-0.1, -0.05) is 0 Å². The average molecular weight is 441 g/mol. The van der Waals surface area contributed by atoms with Gasteiger partial charge >= 0.3 is 0 Å². The van der Waals surface area contributed by atoms with Crippen LogP contribution in [0, 0.1) is 5.92 Å². The Morgan fingerprint density at radius 1 is 1.22 bits per heavy atom. The van der Waals surface area contributed by atoms with E-state index in [9.17, 15) is 9.90 Å². The van der Waals surface area contributed by atoms with E-state index in [-0.39, 0.29) is 24.4 Å². The summed E-state index contributed by atoms with van der Waals surface area (Å²) in [4.78, 5) is 34.1. The fourth-order valence-corrected chi connectivity index (χ4v) is 4.21. The van der Waals surface area contributed by atoms with Gasteiger partial charge in [0.25, 0.3) is 0 Å². The number of hydrogen-bond acceptors (Lipinski definition) is 10. The van der Waals surface area contributed by atoms with Gasteiger partial charge in [0.15, 0.2) is 0 Å². The van der Waals surface area contributed by atoms with Crippen molar-refractivity contribution in [2.45, 2.75) is 24.8 Å². The van der Waals surface area contributed by atoms with Crippen LogP contribution in [0.2, 0.25) is 0 Å². The van der Waals surface area contributed by atoms with Crippen LogP contribution in [-0.4, -0.2) is 87.4 Å². The standard InChI is InChI=1S/C21H28N8O3/c22-19-23-10-15(11-24-19)16-9-17(26-20(25-16)28-5-7-32-8-6-28)27-21(13-30)3-4-29(12-21)18(31)14-1-2-14/h9-11,14,30H,1-8,12-13H2,(H2,22,23,24)(H,25,26,27)/t21-/m0/s1. The van der Waals surface area contributed by atoms with Crippen LogP contribution in [0.25, 0.3) is 11.3 Å². The molecule has 2 aromatic heterocycles. The maximum Gasteiger partial charge on any atom is 0.228 e. The van der Waals surface area contributed by atoms with Crippen LogP contribution in [0.5, 0.6) is 0 Å². The minimum absolute atomic E-state index is 0.0986. The van der Waals surface area contributed by atoms with E-state index in [1.54, 1.807) is 12.4 Å². The molecule has 32 heavy (non-hydrogen) atoms. The van der Waals surface area contributed by atoms with E-state index in [0.29, 0.717) is 68.8 Å². The lowest BCUT2D eigenvalue weighted by Crippen LogP contribution is -2.46. The third kappa shape index (κ3) is 4.30. The number of nitrogen functional groups attached to an aromatic ring is 1. The lowest BCUT2D eigenvalue weighted by atomic mass is 10.00. The molecule has 0 unspecified atom stereocenters. The Hall–Kier alpha value is -3.05. The number of amides is 1. The van der Waals surface area contributed by atoms with Gasteiger partial charge in [0.05, 0.1) is 31.1 Å². The van der Waals surface area contributed by atoms with Crippen molar-refractivity contribution in [3.05, 3.63) is 18.5 Å². The quantitative estimate of drug-likeness (QED) is 0.567. The fourth-order valence-electron chi connectivity index (χ4n) is 4.21. The Labute approximate surface area is 186 Å². The van der Waals surface area contributed by atoms with Crippen LogP contribution < -0.4 is 16.0 Å². The molecule has 0 radical (unpaired) electrons. The number of aliphatic hydroxyl groups excluding tert-OH is 1. The van der Waals surface area contributed by atoms with E-state index in [4.69, 9.17) is 20.4 Å². The molecule has 4 heterocycles. The number of nitrogens with two attached hydrogens (primary N) is 1. The van der Waals surface area contributed by atoms with Crippen LogP contribution in [0.3, 0.4) is 0 Å². The number of morpholine rings is 1. The Kier molecular flexibility index (Phi) is 5.51. The highest BCUT2D eigenvalue weighted by Crippen LogP contribution is 2.35. The number of carbonyl (C=O) groups excluding carboxylic acids is 1. The van der Waals surface area contributed by atoms with Crippen molar-refractivity contribution in [3.8, 4) is 11.3 Å². The minimum Gasteiger partial charge on any atom is -0.394 e. The second-order valence-corrected chi connectivity index (χ2v) is 8.72. The summed E-state index contributed by atoms with van der Waals surface area (Å²) in [6.07, 6.45) is 5.85. The number of hydrogen-bond donors (Lipinski definition) is 3. The predicted molar refractivity (Wildman–Crippen MR) is 118 cm³/mol. The van der Waals surface area contributed by atoms with E-state index in [1.807, 2.05) is 11.0 Å². The number of anilines is 3. The molecule has 4 N–H and O–H groups in total. The van der Waals surface area contributed by atoms with Crippen molar-refractivity contribution < 1.29 is 14.6 Å². The van der Waals surface area contributed by atoms with Crippen LogP contribution in [0.1, 0.15) is 19.3 Å². The lowest BCUT2D eigenvalue weighted by molar-refractivity contribution is -0.131. The third-order valence-corrected chi connectivity index (χ3v) is 6.26. The second-order valence-electron chi connectivity index (χ2n) is 8.72. The average Bonchev–Trinajstić information content (AvgIpc) is 3.60. The van der Waals surface area contributed by atoms with Gasteiger partial charge in [0.1, 0.15) is 5.82 Å². The third-order valence-electron chi connectivity index (χ3n) is 6.26. The molecule has 1 saturated carbocycles. The largest absolute Gasteiger partial charge is 0.394 e. The van der Waals surface area contributed by atoms with Crippen LogP contribution in [-0.2, 0) is 9.53 Å². The summed E-state index contributed by atoms with van der Waals surface area (Å²) in [6, 6.07) is 1.82. The Morgan fingerprint density at radius 2 is 1.97 bits per heavy atom. The molecule has 0 bridgehead atoms. The normalized spacial score (nSPS) is 23.4. The minimum atomic E-state index is -0.643. The van der Waals surface area contributed by atoms with E-state index >= 15 is 0 Å². The van der Waals surface area contributed by atoms with Gasteiger partial charge in [-0.2, -0.15) is 4.98 Å². The molecule has 0 aromatic carbocycles. The number of nitrogens with zero attached hydrogens (tertiary/aromatic N) is 6. The highest BCUT2D eigenvalue weighted by atomic mass is 16.5. The molecule has 170 valence electrons. The smallest absolute Gasteiger partial charge is 0.228 e. The van der Waals surface area contributed by atoms with Crippen molar-refractivity contribution >= 4 is 23.6 Å². The van der Waals surface area contributed by atoms with Crippen LogP contribution in [0.4, 0.5) is 17.7 Å². The number of nitrogens with one attached hydrogen (secondary N) is 1. The summed E-state index contributed by atoms with van der Waals surface area (Å²) in [5.74, 6) is 1.71. The first-order chi connectivity index (χ1) is 15.5. The number of aromatic nitrogens is 4. The molecule has 1 atom stereocenters. The zero-order valence-electron chi connectivity index (χ0n) is 17.9. The highest BCUT2D eigenvalue weighted by molar-refractivity contribution is 5.81. The van der Waals surface area contributed by atoms with Gasteiger partial charge in [-0.15, -0.1) is 0 Å². The molecule has 1 amide bonds. The molecular formula is C21H28N8O3. The van der Waals surface area contributed by atoms with Crippen molar-refractivity contribution in [3.63, 3.8) is 0 Å². The zero-order chi connectivity index (χ0) is 22.1. The fraction of sp³-hybridized carbons (Fsp3) is 0.571. The first kappa shape index (κ1) is 20.8. The molecule has 11 heteroatoms. The molecule has 2 aliphatic heterocycles. The Morgan fingerprint density at radius 3 is 2.66 bits per heavy atom. The summed E-state index contributed by atoms with van der Waals surface area (Å²) in [7, 11) is 0. The summed E-state index contributed by atoms with van der Waals surface area (Å²) < 4.78 is 5.46. The summed E-state index contributed by atoms with van der Waals surface area (Å²) in [6.45, 7) is 3.59. The van der Waals surface area contributed by atoms with Crippen molar-refractivity contribution in [2.24, 2.45) is 5.92 Å². The maximum atomic E-state index is 12.5. The lowest BCUT2D eigenvalue weighted by Gasteiger charge is -2.31. The SMILES string of the molecule is Nc1ncc(-c2cc(N[C@@]3(CO)CCN(C(=O)C4CC4)C3)nc(N3CCOCC3)n2)cn1. The molecule has 0 spiro atoms. The molecule has 5 rings (SSSR count). The molecule has 3 fully saturated rings. The Bertz CT molecular complexity index is 978. The maximum absolute atomic E-state index is 12.5. The van der Waals surface area contributed by atoms with Crippen LogP contribution >= 0.6 is 0 Å². The van der Waals surface area contributed by atoms with E-state index in [2.05, 4.69) is 20.2 Å². The first-order valence-electron chi connectivity index (χ1n) is 11.0. The van der Waals surface area contributed by atoms with Gasteiger partial charge in [0.2, 0.25) is 17.8 Å². The molecule has 11 nitrogen and oxygen atoms in total. The van der Waals surface area contributed by atoms with Crippen molar-refractivity contribution in [1.29, 1.82) is 0 Å². The molecule has 2 saturated heterocycles. The van der Waals surface area contributed by atoms with E-state index in [0.717, 1.165) is 12.8 Å². The van der Waals surface area contributed by atoms with Gasteiger partial charge in [-0.05, 0) is 19.3 Å². The van der Waals surface area contributed by atoms with E-state index in [1.165, 1.54) is 0 Å². The topological polar surface area (TPSA) is 143 Å². The number of carbonyl (C=O) groups is 1. The zero-order valence-corrected chi connectivity index (χ0v) is 17.9. The molecule has 1 aliphatic carbocycles. The predicted octanol–water partition coefficient (Wildman–Crippen LogP) is 0.138. The van der Waals surface area contributed by atoms with Gasteiger partial charge in [-0.25, -0.2) is 15.0 Å². The molecule has 2 aromatic rings. The van der Waals surface area contributed by atoms with Crippen molar-refractivity contribution in [2.75, 3.05) is 62.0 Å². The molecular weight excluding hydrogens is 412 g/mol. The molecule has 3 aliphatic rings. The van der Waals surface area contributed by atoms with Gasteiger partial charge in [0, 0.05) is 56.1 Å². The number of aliphatic hydroxyl groups is 1.